The van der Waals surface area contributed by atoms with E-state index in [0.29, 0.717) is 17.0 Å². The van der Waals surface area contributed by atoms with Crippen molar-refractivity contribution in [1.29, 1.82) is 5.26 Å². The van der Waals surface area contributed by atoms with Crippen LogP contribution in [-0.2, 0) is 17.1 Å². The number of alkyl halides is 6. The molecule has 2 amide bonds. The largest absolute Gasteiger partial charge is 0.478 e. The van der Waals surface area contributed by atoms with E-state index < -0.39 is 52.7 Å². The first-order chi connectivity index (χ1) is 15.3. The highest BCUT2D eigenvalue weighted by atomic mass is 19.4. The molecule has 172 valence electrons. The van der Waals surface area contributed by atoms with Crippen LogP contribution in [0, 0.1) is 11.3 Å². The van der Waals surface area contributed by atoms with Crippen molar-refractivity contribution in [2.24, 2.45) is 0 Å². The number of hydrogen-bond donors (Lipinski definition) is 2. The number of nitrogens with zero attached hydrogens (tertiary/aromatic N) is 2. The summed E-state index contributed by atoms with van der Waals surface area (Å²) in [4.78, 5) is 25.4. The number of nitrogens with one attached hydrogen (secondary N) is 1. The van der Waals surface area contributed by atoms with E-state index in [2.05, 4.69) is 5.32 Å². The number of carbonyl (C=O) groups excluding carboxylic acids is 1. The highest BCUT2D eigenvalue weighted by Gasteiger charge is 2.42. The van der Waals surface area contributed by atoms with Gasteiger partial charge in [0.25, 0.3) is 0 Å². The molecule has 1 heterocycles. The summed E-state index contributed by atoms with van der Waals surface area (Å²) < 4.78 is 80.2. The summed E-state index contributed by atoms with van der Waals surface area (Å²) >= 11 is 0. The van der Waals surface area contributed by atoms with E-state index in [0.717, 1.165) is 37.3 Å². The van der Waals surface area contributed by atoms with Crippen LogP contribution >= 0.6 is 0 Å². The number of allylic oxidation sites excluding steroid dienone is 1. The highest BCUT2D eigenvalue weighted by Crippen LogP contribution is 2.41. The smallest absolute Gasteiger partial charge is 0.416 e. The van der Waals surface area contributed by atoms with Crippen molar-refractivity contribution >= 4 is 17.7 Å². The van der Waals surface area contributed by atoms with E-state index in [-0.39, 0.29) is 16.9 Å². The van der Waals surface area contributed by atoms with Crippen LogP contribution in [0.1, 0.15) is 35.2 Å². The van der Waals surface area contributed by atoms with Crippen LogP contribution in [0.4, 0.5) is 36.8 Å². The zero-order chi connectivity index (χ0) is 24.7. The number of halogens is 6. The zero-order valence-electron chi connectivity index (χ0n) is 16.5. The van der Waals surface area contributed by atoms with Gasteiger partial charge in [-0.3, -0.25) is 4.90 Å². The van der Waals surface area contributed by atoms with Crippen molar-refractivity contribution in [3.63, 3.8) is 0 Å². The van der Waals surface area contributed by atoms with Gasteiger partial charge in [-0.15, -0.1) is 0 Å². The third-order valence-electron chi connectivity index (χ3n) is 4.95. The summed E-state index contributed by atoms with van der Waals surface area (Å²) in [5.41, 5.74) is -4.77. The summed E-state index contributed by atoms with van der Waals surface area (Å²) in [6.07, 6.45) is -9.73. The van der Waals surface area contributed by atoms with Gasteiger partial charge in [-0.1, -0.05) is 12.1 Å². The lowest BCUT2D eigenvalue weighted by Crippen LogP contribution is -2.48. The molecule has 0 radical (unpaired) electrons. The molecule has 6 nitrogen and oxygen atoms in total. The maximum absolute atomic E-state index is 13.6. The van der Waals surface area contributed by atoms with Gasteiger partial charge in [-0.2, -0.15) is 31.6 Å². The van der Waals surface area contributed by atoms with Crippen LogP contribution in [0.5, 0.6) is 0 Å². The molecule has 2 aromatic carbocycles. The Morgan fingerprint density at radius 1 is 1.09 bits per heavy atom. The van der Waals surface area contributed by atoms with Gasteiger partial charge < -0.3 is 10.4 Å². The first kappa shape index (κ1) is 23.6. The quantitative estimate of drug-likeness (QED) is 0.603. The van der Waals surface area contributed by atoms with Gasteiger partial charge in [0.1, 0.15) is 0 Å². The highest BCUT2D eigenvalue weighted by molar-refractivity contribution is 6.02. The molecule has 2 aromatic rings. The molecule has 0 spiro atoms. The van der Waals surface area contributed by atoms with Crippen LogP contribution in [0.2, 0.25) is 0 Å². The molecular formula is C21H13F6N3O3. The van der Waals surface area contributed by atoms with Crippen molar-refractivity contribution in [2.75, 3.05) is 4.90 Å². The average Bonchev–Trinajstić information content (AvgIpc) is 2.71. The lowest BCUT2D eigenvalue weighted by molar-refractivity contribution is -0.139. The fraction of sp³-hybridized carbons (Fsp3) is 0.190. The van der Waals surface area contributed by atoms with Gasteiger partial charge in [-0.05, 0) is 42.8 Å². The number of anilines is 1. The lowest BCUT2D eigenvalue weighted by Gasteiger charge is -2.35. The molecular weight excluding hydrogens is 456 g/mol. The fourth-order valence-corrected chi connectivity index (χ4v) is 3.51. The molecule has 2 N–H and O–H groups in total. The van der Waals surface area contributed by atoms with Gasteiger partial charge in [0, 0.05) is 5.70 Å². The Hall–Kier alpha value is -4.01. The van der Waals surface area contributed by atoms with E-state index in [4.69, 9.17) is 5.26 Å². The maximum Gasteiger partial charge on any atom is 0.416 e. The Labute approximate surface area is 182 Å². The van der Waals surface area contributed by atoms with Crippen LogP contribution in [0.3, 0.4) is 0 Å². The third kappa shape index (κ3) is 4.48. The molecule has 1 atom stereocenters. The molecule has 1 aliphatic heterocycles. The van der Waals surface area contributed by atoms with Gasteiger partial charge >= 0.3 is 24.4 Å². The Morgan fingerprint density at radius 3 is 2.30 bits per heavy atom. The van der Waals surface area contributed by atoms with Crippen LogP contribution in [0.25, 0.3) is 0 Å². The number of carboxylic acid groups (broad SMARTS) is 1. The van der Waals surface area contributed by atoms with E-state index >= 15 is 0 Å². The van der Waals surface area contributed by atoms with Gasteiger partial charge in [-0.25, -0.2) is 9.59 Å². The first-order valence-electron chi connectivity index (χ1n) is 9.09. The number of hydrogen-bond acceptors (Lipinski definition) is 3. The van der Waals surface area contributed by atoms with E-state index in [1.807, 2.05) is 0 Å². The number of carbonyl (C=O) groups is 2. The predicted molar refractivity (Wildman–Crippen MR) is 102 cm³/mol. The summed E-state index contributed by atoms with van der Waals surface area (Å²) in [5, 5.41) is 20.8. The maximum atomic E-state index is 13.6. The monoisotopic (exact) mass is 469 g/mol. The molecule has 0 saturated carbocycles. The summed E-state index contributed by atoms with van der Waals surface area (Å²) in [5.74, 6) is -1.69. The SMILES string of the molecule is CC1=C(C(=O)O)C(c2ccc(C#N)cc2C(F)(F)F)NC(=O)N1c1cccc(C(F)(F)F)c1. The number of urea groups is 1. The number of rotatable bonds is 3. The minimum Gasteiger partial charge on any atom is -0.478 e. The topological polar surface area (TPSA) is 93.4 Å². The predicted octanol–water partition coefficient (Wildman–Crippen LogP) is 5.23. The first-order valence-corrected chi connectivity index (χ1v) is 9.09. The number of nitriles is 1. The molecule has 0 aromatic heterocycles. The molecule has 0 saturated heterocycles. The van der Waals surface area contributed by atoms with Crippen molar-refractivity contribution in [1.82, 2.24) is 5.32 Å². The Kier molecular flexibility index (Phi) is 5.85. The molecule has 0 aliphatic carbocycles. The minimum atomic E-state index is -4.98. The fourth-order valence-electron chi connectivity index (χ4n) is 3.51. The summed E-state index contributed by atoms with van der Waals surface area (Å²) in [6, 6.07) is 4.58. The van der Waals surface area contributed by atoms with Crippen molar-refractivity contribution in [3.8, 4) is 6.07 Å². The number of carboxylic acids is 1. The minimum absolute atomic E-state index is 0.326. The summed E-state index contributed by atoms with van der Waals surface area (Å²) in [7, 11) is 0. The van der Waals surface area contributed by atoms with E-state index in [1.165, 1.54) is 0 Å². The molecule has 1 aliphatic rings. The van der Waals surface area contributed by atoms with Gasteiger partial charge in [0.05, 0.1) is 40.1 Å². The summed E-state index contributed by atoms with van der Waals surface area (Å²) in [6.45, 7) is 1.10. The second-order valence-corrected chi connectivity index (χ2v) is 6.98. The molecule has 0 fully saturated rings. The van der Waals surface area contributed by atoms with Crippen LogP contribution < -0.4 is 10.2 Å². The molecule has 12 heteroatoms. The van der Waals surface area contributed by atoms with Crippen LogP contribution in [0.15, 0.2) is 53.7 Å². The zero-order valence-corrected chi connectivity index (χ0v) is 16.5. The standard InChI is InChI=1S/C21H13F6N3O3/c1-10-16(18(31)32)17(14-6-5-11(9-28)7-15(14)21(25,26)27)29-19(33)30(10)13-4-2-3-12(8-13)20(22,23)24/h2-8,17H,1H3,(H,29,33)(H,31,32). The van der Waals surface area contributed by atoms with Gasteiger partial charge in [0.15, 0.2) is 0 Å². The normalized spacial score (nSPS) is 17.0. The van der Waals surface area contributed by atoms with Crippen molar-refractivity contribution < 1.29 is 41.0 Å². The molecule has 33 heavy (non-hydrogen) atoms. The second kappa shape index (κ2) is 8.16. The van der Waals surface area contributed by atoms with E-state index in [9.17, 15) is 41.0 Å². The lowest BCUT2D eigenvalue weighted by atomic mass is 9.90. The molecule has 1 unspecified atom stereocenters. The number of amides is 2. The average molecular weight is 469 g/mol. The van der Waals surface area contributed by atoms with E-state index in [1.54, 1.807) is 6.07 Å². The van der Waals surface area contributed by atoms with Crippen molar-refractivity contribution in [2.45, 2.75) is 25.3 Å². The third-order valence-corrected chi connectivity index (χ3v) is 4.95. The Bertz CT molecular complexity index is 1210. The molecule has 3 rings (SSSR count). The second-order valence-electron chi connectivity index (χ2n) is 6.98. The van der Waals surface area contributed by atoms with Gasteiger partial charge in [0.2, 0.25) is 0 Å². The Morgan fingerprint density at radius 2 is 1.76 bits per heavy atom. The van der Waals surface area contributed by atoms with Crippen LogP contribution in [-0.4, -0.2) is 17.1 Å². The molecule has 0 bridgehead atoms. The Balaban J connectivity index is 2.21. The number of aliphatic carboxylic acids is 1. The van der Waals surface area contributed by atoms with Crippen molar-refractivity contribution in [3.05, 3.63) is 76.0 Å². The number of benzene rings is 2.